The molecule has 1 aliphatic carbocycles. The van der Waals surface area contributed by atoms with E-state index in [9.17, 15) is 9.18 Å². The van der Waals surface area contributed by atoms with Crippen LogP contribution in [0, 0.1) is 17.2 Å². The molecule has 2 unspecified atom stereocenters. The van der Waals surface area contributed by atoms with E-state index in [4.69, 9.17) is 4.74 Å². The highest BCUT2D eigenvalue weighted by Gasteiger charge is 2.57. The molecule has 2 fully saturated rings. The molecule has 1 saturated heterocycles. The lowest BCUT2D eigenvalue weighted by molar-refractivity contribution is -0.157. The maximum Gasteiger partial charge on any atom is 0.144 e. The third-order valence-corrected chi connectivity index (χ3v) is 5.88. The van der Waals surface area contributed by atoms with Crippen molar-refractivity contribution in [3.05, 3.63) is 42.1 Å². The first kappa shape index (κ1) is 13.4. The van der Waals surface area contributed by atoms with E-state index in [0.717, 1.165) is 36.1 Å². The van der Waals surface area contributed by atoms with Crippen LogP contribution in [0.25, 0.3) is 11.3 Å². The molecule has 118 valence electrons. The summed E-state index contributed by atoms with van der Waals surface area (Å²) in [6, 6.07) is 4.82. The summed E-state index contributed by atoms with van der Waals surface area (Å²) in [5.74, 6) is 0.0633. The fourth-order valence-electron chi connectivity index (χ4n) is 4.65. The number of hydrogen-bond acceptors (Lipinski definition) is 3. The Balaban J connectivity index is 1.54. The lowest BCUT2D eigenvalue weighted by atomic mass is 9.54. The smallest absolute Gasteiger partial charge is 0.144 e. The third kappa shape index (κ3) is 1.68. The Hall–Kier alpha value is -2.01. The average molecular weight is 312 g/mol. The van der Waals surface area contributed by atoms with Gasteiger partial charge in [0.15, 0.2) is 0 Å². The summed E-state index contributed by atoms with van der Waals surface area (Å²) in [7, 11) is 0. The van der Waals surface area contributed by atoms with Crippen LogP contribution in [0.15, 0.2) is 30.7 Å². The minimum absolute atomic E-state index is 0.0345. The molecule has 4 nitrogen and oxygen atoms in total. The van der Waals surface area contributed by atoms with E-state index in [-0.39, 0.29) is 23.2 Å². The molecule has 3 aliphatic rings. The van der Waals surface area contributed by atoms with Crippen LogP contribution >= 0.6 is 0 Å². The van der Waals surface area contributed by atoms with E-state index in [0.29, 0.717) is 19.0 Å². The molecule has 0 bridgehead atoms. The van der Waals surface area contributed by atoms with Gasteiger partial charge in [0, 0.05) is 30.1 Å². The highest BCUT2D eigenvalue weighted by Crippen LogP contribution is 2.56. The molecule has 2 aromatic rings. The summed E-state index contributed by atoms with van der Waals surface area (Å²) < 4.78 is 21.1. The van der Waals surface area contributed by atoms with Crippen molar-refractivity contribution in [2.45, 2.75) is 25.3 Å². The van der Waals surface area contributed by atoms with Crippen molar-refractivity contribution < 1.29 is 13.9 Å². The molecule has 1 spiro atoms. The van der Waals surface area contributed by atoms with Crippen molar-refractivity contribution in [2.24, 2.45) is 11.3 Å². The molecule has 23 heavy (non-hydrogen) atoms. The lowest BCUT2D eigenvalue weighted by Gasteiger charge is -2.50. The van der Waals surface area contributed by atoms with Crippen molar-refractivity contribution in [1.29, 1.82) is 0 Å². The van der Waals surface area contributed by atoms with Gasteiger partial charge in [-0.3, -0.25) is 4.79 Å². The second-order valence-corrected chi connectivity index (χ2v) is 6.93. The van der Waals surface area contributed by atoms with Crippen LogP contribution in [0.5, 0.6) is 0 Å². The van der Waals surface area contributed by atoms with Gasteiger partial charge in [-0.2, -0.15) is 0 Å². The van der Waals surface area contributed by atoms with Gasteiger partial charge in [0.1, 0.15) is 11.6 Å². The lowest BCUT2D eigenvalue weighted by Crippen LogP contribution is -2.54. The topological polar surface area (TPSA) is 44.1 Å². The van der Waals surface area contributed by atoms with E-state index in [1.54, 1.807) is 18.6 Å². The van der Waals surface area contributed by atoms with Crippen molar-refractivity contribution in [1.82, 2.24) is 9.55 Å². The first-order chi connectivity index (χ1) is 11.2. The standard InChI is InChI=1S/C18H17FN2O2/c19-11-1-2-12-13(7-11)15-9-20-10-21(15)16(12)14-8-18(17(14)22)3-5-23-6-4-18/h1-2,7,9-10,14,16H,3-6,8H2. The number of ether oxygens (including phenoxy) is 1. The first-order valence-electron chi connectivity index (χ1n) is 8.13. The second kappa shape index (κ2) is 4.51. The molecule has 2 atom stereocenters. The van der Waals surface area contributed by atoms with E-state index >= 15 is 0 Å². The van der Waals surface area contributed by atoms with E-state index < -0.39 is 0 Å². The summed E-state index contributed by atoms with van der Waals surface area (Å²) in [4.78, 5) is 17.2. The van der Waals surface area contributed by atoms with Crippen LogP contribution in [0.3, 0.4) is 0 Å². The van der Waals surface area contributed by atoms with E-state index in [1.807, 2.05) is 10.6 Å². The zero-order valence-corrected chi connectivity index (χ0v) is 12.7. The second-order valence-electron chi connectivity index (χ2n) is 6.93. The molecule has 0 amide bonds. The summed E-state index contributed by atoms with van der Waals surface area (Å²) >= 11 is 0. The SMILES string of the molecule is O=C1C(C2c3ccc(F)cc3-c3cncn32)CC12CCOCC2. The van der Waals surface area contributed by atoms with Gasteiger partial charge in [0.2, 0.25) is 0 Å². The van der Waals surface area contributed by atoms with Crippen molar-refractivity contribution in [3.63, 3.8) is 0 Å². The molecule has 5 heteroatoms. The van der Waals surface area contributed by atoms with Crippen LogP contribution in [-0.2, 0) is 9.53 Å². The van der Waals surface area contributed by atoms with Crippen molar-refractivity contribution >= 4 is 5.78 Å². The van der Waals surface area contributed by atoms with Crippen molar-refractivity contribution in [2.75, 3.05) is 13.2 Å². The van der Waals surface area contributed by atoms with Crippen LogP contribution in [0.4, 0.5) is 4.39 Å². The number of fused-ring (bicyclic) bond motifs is 3. The van der Waals surface area contributed by atoms with E-state index in [1.165, 1.54) is 6.07 Å². The normalized spacial score (nSPS) is 27.6. The molecule has 2 aliphatic heterocycles. The molecule has 1 aromatic heterocycles. The molecule has 3 heterocycles. The Morgan fingerprint density at radius 1 is 1.30 bits per heavy atom. The molecule has 5 rings (SSSR count). The predicted octanol–water partition coefficient (Wildman–Crippen LogP) is 2.98. The predicted molar refractivity (Wildman–Crippen MR) is 81.4 cm³/mol. The zero-order chi connectivity index (χ0) is 15.6. The Kier molecular flexibility index (Phi) is 2.63. The Labute approximate surface area is 133 Å². The Morgan fingerprint density at radius 3 is 2.91 bits per heavy atom. The number of carbonyl (C=O) groups excluding carboxylic acids is 1. The first-order valence-corrected chi connectivity index (χ1v) is 8.13. The minimum Gasteiger partial charge on any atom is -0.381 e. The van der Waals surface area contributed by atoms with Gasteiger partial charge >= 0.3 is 0 Å². The highest BCUT2D eigenvalue weighted by molar-refractivity contribution is 5.94. The Morgan fingerprint density at radius 2 is 2.13 bits per heavy atom. The number of hydrogen-bond donors (Lipinski definition) is 0. The fraction of sp³-hybridized carbons (Fsp3) is 0.444. The number of nitrogens with zero attached hydrogens (tertiary/aromatic N) is 2. The number of ketones is 1. The third-order valence-electron chi connectivity index (χ3n) is 5.88. The quantitative estimate of drug-likeness (QED) is 0.813. The molecule has 1 saturated carbocycles. The molecular formula is C18H17FN2O2. The number of aromatic nitrogens is 2. The van der Waals surface area contributed by atoms with Crippen LogP contribution in [0.2, 0.25) is 0 Å². The van der Waals surface area contributed by atoms with Gasteiger partial charge < -0.3 is 9.30 Å². The molecule has 0 N–H and O–H groups in total. The summed E-state index contributed by atoms with van der Waals surface area (Å²) in [6.45, 7) is 1.36. The van der Waals surface area contributed by atoms with Gasteiger partial charge in [-0.05, 0) is 37.0 Å². The van der Waals surface area contributed by atoms with E-state index in [2.05, 4.69) is 4.98 Å². The number of halogens is 1. The zero-order valence-electron chi connectivity index (χ0n) is 12.7. The van der Waals surface area contributed by atoms with Gasteiger partial charge in [-0.15, -0.1) is 0 Å². The number of rotatable bonds is 1. The summed E-state index contributed by atoms with van der Waals surface area (Å²) in [5, 5.41) is 0. The minimum atomic E-state index is -0.252. The molecule has 0 radical (unpaired) electrons. The average Bonchev–Trinajstić information content (AvgIpc) is 3.15. The van der Waals surface area contributed by atoms with Crippen molar-refractivity contribution in [3.8, 4) is 11.3 Å². The number of benzene rings is 1. The maximum atomic E-state index is 13.6. The largest absolute Gasteiger partial charge is 0.381 e. The van der Waals surface area contributed by atoms with Crippen LogP contribution < -0.4 is 0 Å². The summed E-state index contributed by atoms with van der Waals surface area (Å²) in [6.07, 6.45) is 6.09. The van der Waals surface area contributed by atoms with Gasteiger partial charge in [0.05, 0.1) is 24.3 Å². The van der Waals surface area contributed by atoms with Crippen LogP contribution in [-0.4, -0.2) is 28.5 Å². The maximum absolute atomic E-state index is 13.6. The number of Topliss-reactive ketones (excluding diaryl/α,β-unsaturated/α-hetero) is 1. The Bertz CT molecular complexity index is 807. The van der Waals surface area contributed by atoms with Gasteiger partial charge in [-0.25, -0.2) is 9.37 Å². The fourth-order valence-corrected chi connectivity index (χ4v) is 4.65. The van der Waals surface area contributed by atoms with Gasteiger partial charge in [-0.1, -0.05) is 6.07 Å². The monoisotopic (exact) mass is 312 g/mol. The molecule has 1 aromatic carbocycles. The van der Waals surface area contributed by atoms with Crippen LogP contribution in [0.1, 0.15) is 30.9 Å². The summed E-state index contributed by atoms with van der Waals surface area (Å²) in [5.41, 5.74) is 2.65. The number of carbonyl (C=O) groups is 1. The highest BCUT2D eigenvalue weighted by atomic mass is 19.1. The molecular weight excluding hydrogens is 295 g/mol. The number of imidazole rings is 1. The van der Waals surface area contributed by atoms with Gasteiger partial charge in [0.25, 0.3) is 0 Å².